The van der Waals surface area contributed by atoms with Gasteiger partial charge >= 0.3 is 0 Å². The standard InChI is InChI=1S/C20H34N4O2/c1-16(2)14-24-11-12-26-19(15-24)13-23-20(21-3)22-10-4-5-17-6-8-18(25)9-7-17/h6-9,16,19,25H,4-5,10-15H2,1-3H3,(H2,21,22,23). The molecule has 0 bridgehead atoms. The van der Waals surface area contributed by atoms with Crippen LogP contribution in [-0.2, 0) is 11.2 Å². The van der Waals surface area contributed by atoms with Crippen molar-refractivity contribution >= 4 is 5.96 Å². The molecule has 0 aliphatic carbocycles. The highest BCUT2D eigenvalue weighted by atomic mass is 16.5. The first-order valence-corrected chi connectivity index (χ1v) is 9.63. The van der Waals surface area contributed by atoms with Gasteiger partial charge in [-0.3, -0.25) is 9.89 Å². The van der Waals surface area contributed by atoms with Gasteiger partial charge in [0.15, 0.2) is 5.96 Å². The summed E-state index contributed by atoms with van der Waals surface area (Å²) in [7, 11) is 1.79. The van der Waals surface area contributed by atoms with Crippen LogP contribution in [0.4, 0.5) is 0 Å². The van der Waals surface area contributed by atoms with Crippen molar-refractivity contribution in [2.75, 3.05) is 46.4 Å². The smallest absolute Gasteiger partial charge is 0.191 e. The first kappa shape index (κ1) is 20.5. The van der Waals surface area contributed by atoms with Gasteiger partial charge in [0.05, 0.1) is 12.7 Å². The van der Waals surface area contributed by atoms with Crippen molar-refractivity contribution in [1.82, 2.24) is 15.5 Å². The van der Waals surface area contributed by atoms with Gasteiger partial charge < -0.3 is 20.5 Å². The first-order valence-electron chi connectivity index (χ1n) is 9.63. The summed E-state index contributed by atoms with van der Waals surface area (Å²) in [4.78, 5) is 6.77. The van der Waals surface area contributed by atoms with Crippen molar-refractivity contribution in [3.63, 3.8) is 0 Å². The van der Waals surface area contributed by atoms with Crippen molar-refractivity contribution < 1.29 is 9.84 Å². The molecule has 0 spiro atoms. The number of guanidine groups is 1. The Kier molecular flexibility index (Phi) is 8.71. The first-order chi connectivity index (χ1) is 12.6. The lowest BCUT2D eigenvalue weighted by atomic mass is 10.1. The molecule has 1 atom stereocenters. The molecule has 1 heterocycles. The predicted molar refractivity (Wildman–Crippen MR) is 107 cm³/mol. The highest BCUT2D eigenvalue weighted by Gasteiger charge is 2.20. The maximum absolute atomic E-state index is 9.31. The zero-order valence-corrected chi connectivity index (χ0v) is 16.4. The Morgan fingerprint density at radius 1 is 1.31 bits per heavy atom. The normalized spacial score (nSPS) is 18.9. The fourth-order valence-corrected chi connectivity index (χ4v) is 3.18. The fourth-order valence-electron chi connectivity index (χ4n) is 3.18. The van der Waals surface area contributed by atoms with Crippen molar-refractivity contribution in [2.24, 2.45) is 10.9 Å². The maximum Gasteiger partial charge on any atom is 0.191 e. The summed E-state index contributed by atoms with van der Waals surface area (Å²) in [6, 6.07) is 7.39. The van der Waals surface area contributed by atoms with Gasteiger partial charge in [-0.25, -0.2) is 0 Å². The monoisotopic (exact) mass is 362 g/mol. The summed E-state index contributed by atoms with van der Waals surface area (Å²) >= 11 is 0. The van der Waals surface area contributed by atoms with E-state index in [4.69, 9.17) is 4.74 Å². The number of benzene rings is 1. The topological polar surface area (TPSA) is 69.1 Å². The zero-order valence-electron chi connectivity index (χ0n) is 16.4. The van der Waals surface area contributed by atoms with Gasteiger partial charge in [-0.15, -0.1) is 0 Å². The van der Waals surface area contributed by atoms with Crippen molar-refractivity contribution in [2.45, 2.75) is 32.8 Å². The number of aromatic hydroxyl groups is 1. The number of nitrogens with one attached hydrogen (secondary N) is 2. The SMILES string of the molecule is CN=C(NCCCc1ccc(O)cc1)NCC1CN(CC(C)C)CCO1. The molecular weight excluding hydrogens is 328 g/mol. The van der Waals surface area contributed by atoms with Gasteiger partial charge in [0, 0.05) is 39.8 Å². The molecule has 1 unspecified atom stereocenters. The average Bonchev–Trinajstić information content (AvgIpc) is 2.62. The molecule has 1 aliphatic rings. The molecule has 0 radical (unpaired) electrons. The Morgan fingerprint density at radius 2 is 2.08 bits per heavy atom. The molecule has 0 saturated carbocycles. The minimum atomic E-state index is 0.207. The summed E-state index contributed by atoms with van der Waals surface area (Å²) in [5.74, 6) is 1.82. The quantitative estimate of drug-likeness (QED) is 0.374. The second kappa shape index (κ2) is 11.0. The van der Waals surface area contributed by atoms with Gasteiger partial charge in [0.1, 0.15) is 5.75 Å². The van der Waals surface area contributed by atoms with Crippen LogP contribution in [0.2, 0.25) is 0 Å². The third-order valence-electron chi connectivity index (χ3n) is 4.44. The Morgan fingerprint density at radius 3 is 2.77 bits per heavy atom. The van der Waals surface area contributed by atoms with Crippen LogP contribution in [0.3, 0.4) is 0 Å². The Bertz CT molecular complexity index is 545. The van der Waals surface area contributed by atoms with Crippen LogP contribution >= 0.6 is 0 Å². The summed E-state index contributed by atoms with van der Waals surface area (Å²) < 4.78 is 5.87. The minimum Gasteiger partial charge on any atom is -0.508 e. The Balaban J connectivity index is 1.63. The van der Waals surface area contributed by atoms with Crippen LogP contribution in [0, 0.1) is 5.92 Å². The molecule has 1 aromatic carbocycles. The number of hydrogen-bond acceptors (Lipinski definition) is 4. The molecule has 6 heteroatoms. The number of morpholine rings is 1. The number of phenolic OH excluding ortho intramolecular Hbond substituents is 1. The largest absolute Gasteiger partial charge is 0.508 e. The van der Waals surface area contributed by atoms with Crippen LogP contribution in [0.15, 0.2) is 29.3 Å². The lowest BCUT2D eigenvalue weighted by Crippen LogP contribution is -2.50. The lowest BCUT2D eigenvalue weighted by molar-refractivity contribution is -0.0284. The molecule has 0 aromatic heterocycles. The average molecular weight is 363 g/mol. The third kappa shape index (κ3) is 7.62. The van der Waals surface area contributed by atoms with E-state index >= 15 is 0 Å². The number of hydrogen-bond donors (Lipinski definition) is 3. The van der Waals surface area contributed by atoms with Crippen LogP contribution in [-0.4, -0.2) is 68.4 Å². The van der Waals surface area contributed by atoms with E-state index in [-0.39, 0.29) is 6.10 Å². The van der Waals surface area contributed by atoms with Gasteiger partial charge in [-0.1, -0.05) is 26.0 Å². The second-order valence-electron chi connectivity index (χ2n) is 7.30. The van der Waals surface area contributed by atoms with E-state index in [2.05, 4.69) is 34.4 Å². The van der Waals surface area contributed by atoms with E-state index < -0.39 is 0 Å². The second-order valence-corrected chi connectivity index (χ2v) is 7.30. The van der Waals surface area contributed by atoms with Gasteiger partial charge in [-0.05, 0) is 36.5 Å². The summed E-state index contributed by atoms with van der Waals surface area (Å²) in [5, 5.41) is 16.0. The molecule has 1 fully saturated rings. The van der Waals surface area contributed by atoms with E-state index in [0.717, 1.165) is 58.1 Å². The number of phenols is 1. The predicted octanol–water partition coefficient (Wildman–Crippen LogP) is 1.85. The Labute approximate surface area is 157 Å². The number of aliphatic imine (C=N–C) groups is 1. The van der Waals surface area contributed by atoms with Crippen LogP contribution in [0.1, 0.15) is 25.8 Å². The number of aryl methyl sites for hydroxylation is 1. The summed E-state index contributed by atoms with van der Waals surface area (Å²) in [6.07, 6.45) is 2.19. The van der Waals surface area contributed by atoms with Crippen molar-refractivity contribution in [1.29, 1.82) is 0 Å². The molecular formula is C20H34N4O2. The Hall–Kier alpha value is -1.79. The zero-order chi connectivity index (χ0) is 18.8. The molecule has 146 valence electrons. The van der Waals surface area contributed by atoms with Gasteiger partial charge in [0.2, 0.25) is 0 Å². The van der Waals surface area contributed by atoms with Gasteiger partial charge in [0.25, 0.3) is 0 Å². The molecule has 6 nitrogen and oxygen atoms in total. The highest BCUT2D eigenvalue weighted by molar-refractivity contribution is 5.79. The van der Waals surface area contributed by atoms with Crippen LogP contribution in [0.25, 0.3) is 0 Å². The summed E-state index contributed by atoms with van der Waals surface area (Å²) in [5.41, 5.74) is 1.23. The maximum atomic E-state index is 9.31. The number of rotatable bonds is 8. The molecule has 1 aliphatic heterocycles. The van der Waals surface area contributed by atoms with E-state index in [1.54, 1.807) is 19.2 Å². The number of nitrogens with zero attached hydrogens (tertiary/aromatic N) is 2. The minimum absolute atomic E-state index is 0.207. The molecule has 1 aromatic rings. The van der Waals surface area contributed by atoms with E-state index in [0.29, 0.717) is 11.7 Å². The lowest BCUT2D eigenvalue weighted by Gasteiger charge is -2.34. The van der Waals surface area contributed by atoms with Crippen molar-refractivity contribution in [3.8, 4) is 5.75 Å². The highest BCUT2D eigenvalue weighted by Crippen LogP contribution is 2.11. The molecule has 26 heavy (non-hydrogen) atoms. The third-order valence-corrected chi connectivity index (χ3v) is 4.44. The molecule has 1 saturated heterocycles. The van der Waals surface area contributed by atoms with Gasteiger partial charge in [-0.2, -0.15) is 0 Å². The molecule has 0 amide bonds. The molecule has 3 N–H and O–H groups in total. The summed E-state index contributed by atoms with van der Waals surface area (Å²) in [6.45, 7) is 10.1. The molecule has 2 rings (SSSR count). The van der Waals surface area contributed by atoms with Crippen LogP contribution in [0.5, 0.6) is 5.75 Å². The number of ether oxygens (including phenoxy) is 1. The fraction of sp³-hybridized carbons (Fsp3) is 0.650. The van der Waals surface area contributed by atoms with E-state index in [1.165, 1.54) is 5.56 Å². The van der Waals surface area contributed by atoms with Crippen LogP contribution < -0.4 is 10.6 Å². The van der Waals surface area contributed by atoms with E-state index in [1.807, 2.05) is 12.1 Å². The van der Waals surface area contributed by atoms with E-state index in [9.17, 15) is 5.11 Å². The van der Waals surface area contributed by atoms with Crippen molar-refractivity contribution in [3.05, 3.63) is 29.8 Å².